The van der Waals surface area contributed by atoms with Crippen molar-refractivity contribution >= 4 is 17.8 Å². The summed E-state index contributed by atoms with van der Waals surface area (Å²) in [6, 6.07) is 8.72. The first kappa shape index (κ1) is 26.1. The molecule has 0 saturated carbocycles. The molecule has 0 radical (unpaired) electrons. The Kier molecular flexibility index (Phi) is 12.6. The molecule has 0 saturated heterocycles. The van der Waals surface area contributed by atoms with Crippen molar-refractivity contribution in [3.05, 3.63) is 61.2 Å². The van der Waals surface area contributed by atoms with Crippen LogP contribution >= 0.6 is 0 Å². The molecule has 170 valence electrons. The van der Waals surface area contributed by atoms with Crippen LogP contribution in [0.5, 0.6) is 0 Å². The average Bonchev–Trinajstić information content (AvgIpc) is 2.76. The van der Waals surface area contributed by atoms with Crippen molar-refractivity contribution in [1.82, 2.24) is 10.6 Å². The highest BCUT2D eigenvalue weighted by molar-refractivity contribution is 5.86. The number of hydrogen-bond donors (Lipinski definition) is 3. The zero-order chi connectivity index (χ0) is 23.1. The zero-order valence-electron chi connectivity index (χ0n) is 18.2. The Morgan fingerprint density at radius 1 is 1.13 bits per heavy atom. The molecule has 0 aliphatic rings. The molecule has 7 heteroatoms. The first-order valence-electron chi connectivity index (χ1n) is 10.5. The lowest BCUT2D eigenvalue weighted by Crippen LogP contribution is -2.44. The number of carbonyl (C=O) groups is 3. The lowest BCUT2D eigenvalue weighted by Gasteiger charge is -2.21. The molecule has 31 heavy (non-hydrogen) atoms. The molecule has 0 aromatic heterocycles. The quantitative estimate of drug-likeness (QED) is 0.293. The van der Waals surface area contributed by atoms with E-state index in [0.717, 1.165) is 5.56 Å². The normalized spacial score (nSPS) is 13.4. The van der Waals surface area contributed by atoms with Crippen LogP contribution in [0.15, 0.2) is 55.6 Å². The van der Waals surface area contributed by atoms with Crippen LogP contribution in [0.1, 0.15) is 38.2 Å². The van der Waals surface area contributed by atoms with Crippen molar-refractivity contribution < 1.29 is 24.2 Å². The minimum absolute atomic E-state index is 0.0328. The lowest BCUT2D eigenvalue weighted by atomic mass is 9.98. The molecule has 7 nitrogen and oxygen atoms in total. The molecule has 0 unspecified atom stereocenters. The summed E-state index contributed by atoms with van der Waals surface area (Å²) in [7, 11) is 0. The van der Waals surface area contributed by atoms with Crippen LogP contribution in [0.4, 0.5) is 0 Å². The smallest absolute Gasteiger partial charge is 0.306 e. The number of amides is 2. The van der Waals surface area contributed by atoms with Crippen molar-refractivity contribution in [3.63, 3.8) is 0 Å². The molecule has 0 heterocycles. The van der Waals surface area contributed by atoms with Gasteiger partial charge >= 0.3 is 5.97 Å². The van der Waals surface area contributed by atoms with Gasteiger partial charge in [0.15, 0.2) is 0 Å². The predicted octanol–water partition coefficient (Wildman–Crippen LogP) is 2.30. The van der Waals surface area contributed by atoms with Gasteiger partial charge in [-0.15, -0.1) is 13.2 Å². The number of nitrogens with one attached hydrogen (secondary N) is 2. The molecule has 1 aromatic rings. The summed E-state index contributed by atoms with van der Waals surface area (Å²) in [6.07, 6.45) is 4.80. The molecular weight excluding hydrogens is 396 g/mol. The topological polar surface area (TPSA) is 105 Å². The van der Waals surface area contributed by atoms with Crippen molar-refractivity contribution in [2.75, 3.05) is 13.2 Å². The van der Waals surface area contributed by atoms with E-state index in [1.165, 1.54) is 0 Å². The second kappa shape index (κ2) is 15.0. The zero-order valence-corrected chi connectivity index (χ0v) is 18.2. The molecule has 0 bridgehead atoms. The maximum Gasteiger partial charge on any atom is 0.306 e. The Balaban J connectivity index is 2.53. The number of allylic oxidation sites excluding steroid dienone is 2. The average molecular weight is 431 g/mol. The number of hydrogen-bond acceptors (Lipinski definition) is 5. The van der Waals surface area contributed by atoms with Crippen LogP contribution in [0.3, 0.4) is 0 Å². The number of ether oxygens (including phenoxy) is 1. The van der Waals surface area contributed by atoms with Crippen LogP contribution in [-0.2, 0) is 25.5 Å². The molecule has 0 aliphatic carbocycles. The van der Waals surface area contributed by atoms with Gasteiger partial charge in [-0.05, 0) is 31.7 Å². The molecule has 3 N–H and O–H groups in total. The number of esters is 1. The summed E-state index contributed by atoms with van der Waals surface area (Å²) in [5, 5.41) is 15.2. The Bertz CT molecular complexity index is 720. The maximum atomic E-state index is 12.6. The van der Waals surface area contributed by atoms with Crippen LogP contribution in [0, 0.1) is 5.92 Å². The fourth-order valence-electron chi connectivity index (χ4n) is 2.97. The summed E-state index contributed by atoms with van der Waals surface area (Å²) in [5.41, 5.74) is 0.999. The third kappa shape index (κ3) is 11.1. The number of benzene rings is 1. The molecule has 0 aliphatic heterocycles. The van der Waals surface area contributed by atoms with Crippen LogP contribution in [-0.4, -0.2) is 48.2 Å². The van der Waals surface area contributed by atoms with Crippen molar-refractivity contribution in [1.29, 1.82) is 0 Å². The SMILES string of the molecule is C=CCCC(=O)OC[C@H](C)NC(=O)[C@H](CC=C)CC(=O)N[C@@H](CO)Cc1ccccc1. The van der Waals surface area contributed by atoms with Gasteiger partial charge in [0.25, 0.3) is 0 Å². The standard InChI is InChI=1S/C24H34N2O5/c1-4-6-13-23(29)31-17-18(3)25-24(30)20(10-5-2)15-22(28)26-21(16-27)14-19-11-8-7-9-12-19/h4-5,7-9,11-12,18,20-21,27H,1-2,6,10,13-17H2,3H3,(H,25,30)(H,26,28)/t18-,20+,21+/m0/s1. The van der Waals surface area contributed by atoms with E-state index >= 15 is 0 Å². The largest absolute Gasteiger partial charge is 0.463 e. The second-order valence-corrected chi connectivity index (χ2v) is 7.48. The van der Waals surface area contributed by atoms with Gasteiger partial charge in [-0.2, -0.15) is 0 Å². The maximum absolute atomic E-state index is 12.6. The Hall–Kier alpha value is -2.93. The van der Waals surface area contributed by atoms with Gasteiger partial charge in [-0.3, -0.25) is 14.4 Å². The van der Waals surface area contributed by atoms with E-state index in [0.29, 0.717) is 19.3 Å². The van der Waals surface area contributed by atoms with E-state index in [2.05, 4.69) is 23.8 Å². The number of rotatable bonds is 15. The van der Waals surface area contributed by atoms with Crippen molar-refractivity contribution in [2.24, 2.45) is 5.92 Å². The van der Waals surface area contributed by atoms with Gasteiger partial charge in [0.2, 0.25) is 11.8 Å². The second-order valence-electron chi connectivity index (χ2n) is 7.48. The molecule has 0 spiro atoms. The molecule has 2 amide bonds. The van der Waals surface area contributed by atoms with Crippen LogP contribution in [0.2, 0.25) is 0 Å². The fraction of sp³-hybridized carbons (Fsp3) is 0.458. The first-order chi connectivity index (χ1) is 14.9. The Labute approximate surface area is 184 Å². The monoisotopic (exact) mass is 430 g/mol. The van der Waals surface area contributed by atoms with Gasteiger partial charge < -0.3 is 20.5 Å². The van der Waals surface area contributed by atoms with E-state index in [4.69, 9.17) is 4.74 Å². The molecule has 0 fully saturated rings. The van der Waals surface area contributed by atoms with Gasteiger partial charge in [0.1, 0.15) is 6.61 Å². The molecular formula is C24H34N2O5. The molecule has 1 aromatic carbocycles. The van der Waals surface area contributed by atoms with Gasteiger partial charge in [-0.25, -0.2) is 0 Å². The summed E-state index contributed by atoms with van der Waals surface area (Å²) in [4.78, 5) is 36.6. The minimum Gasteiger partial charge on any atom is -0.463 e. The summed E-state index contributed by atoms with van der Waals surface area (Å²) < 4.78 is 5.12. The van der Waals surface area contributed by atoms with E-state index in [1.54, 1.807) is 19.1 Å². The highest BCUT2D eigenvalue weighted by Gasteiger charge is 2.23. The van der Waals surface area contributed by atoms with Gasteiger partial charge in [0, 0.05) is 12.8 Å². The third-order valence-electron chi connectivity index (χ3n) is 4.60. The van der Waals surface area contributed by atoms with Crippen molar-refractivity contribution in [2.45, 2.75) is 51.1 Å². The first-order valence-corrected chi connectivity index (χ1v) is 10.5. The lowest BCUT2D eigenvalue weighted by molar-refractivity contribution is -0.145. The Morgan fingerprint density at radius 3 is 2.45 bits per heavy atom. The van der Waals surface area contributed by atoms with E-state index in [9.17, 15) is 19.5 Å². The van der Waals surface area contributed by atoms with E-state index < -0.39 is 12.0 Å². The molecule has 3 atom stereocenters. The molecule has 1 rings (SSSR count). The van der Waals surface area contributed by atoms with Crippen LogP contribution < -0.4 is 10.6 Å². The van der Waals surface area contributed by atoms with E-state index in [-0.39, 0.29) is 49.9 Å². The number of carbonyl (C=O) groups excluding carboxylic acids is 3. The summed E-state index contributed by atoms with van der Waals surface area (Å²) in [5.74, 6) is -1.59. The minimum atomic E-state index is -0.604. The number of aliphatic hydroxyl groups excluding tert-OH is 1. The third-order valence-corrected chi connectivity index (χ3v) is 4.60. The van der Waals surface area contributed by atoms with Gasteiger partial charge in [0.05, 0.1) is 24.6 Å². The van der Waals surface area contributed by atoms with Crippen molar-refractivity contribution in [3.8, 4) is 0 Å². The predicted molar refractivity (Wildman–Crippen MR) is 120 cm³/mol. The Morgan fingerprint density at radius 2 is 1.84 bits per heavy atom. The number of aliphatic hydroxyl groups is 1. The van der Waals surface area contributed by atoms with Crippen LogP contribution in [0.25, 0.3) is 0 Å². The highest BCUT2D eigenvalue weighted by atomic mass is 16.5. The van der Waals surface area contributed by atoms with Gasteiger partial charge in [-0.1, -0.05) is 42.5 Å². The fourth-order valence-corrected chi connectivity index (χ4v) is 2.97. The van der Waals surface area contributed by atoms with E-state index in [1.807, 2.05) is 30.3 Å². The summed E-state index contributed by atoms with van der Waals surface area (Å²) in [6.45, 7) is 8.79. The summed E-state index contributed by atoms with van der Waals surface area (Å²) >= 11 is 0. The highest BCUT2D eigenvalue weighted by Crippen LogP contribution is 2.11.